The molecule has 0 saturated heterocycles. The number of para-hydroxylation sites is 1. The fourth-order valence-electron chi connectivity index (χ4n) is 4.84. The van der Waals surface area contributed by atoms with Crippen molar-refractivity contribution in [2.75, 3.05) is 0 Å². The van der Waals surface area contributed by atoms with Gasteiger partial charge in [0.15, 0.2) is 0 Å². The Morgan fingerprint density at radius 3 is 1.80 bits per heavy atom. The Morgan fingerprint density at radius 2 is 1.17 bits per heavy atom. The van der Waals surface area contributed by atoms with Crippen molar-refractivity contribution in [3.63, 3.8) is 0 Å². The van der Waals surface area contributed by atoms with Crippen LogP contribution in [0.25, 0.3) is 11.5 Å². The van der Waals surface area contributed by atoms with Gasteiger partial charge in [-0.25, -0.2) is 9.67 Å². The smallest absolute Gasteiger partial charge is 0.205 e. The number of benzene rings is 3. The molecule has 0 saturated carbocycles. The summed E-state index contributed by atoms with van der Waals surface area (Å²) in [7, 11) is -2.70. The summed E-state index contributed by atoms with van der Waals surface area (Å²) in [4.78, 5) is 4.57. The minimum Gasteiger partial charge on any atom is -0.309 e. The molecular formula is C30H24N4Si. The van der Waals surface area contributed by atoms with Gasteiger partial charge in [-0.15, -0.1) is 0 Å². The van der Waals surface area contributed by atoms with Gasteiger partial charge < -0.3 is 4.57 Å². The monoisotopic (exact) mass is 468 g/mol. The molecule has 0 fully saturated rings. The highest BCUT2D eigenvalue weighted by atomic mass is 28.3. The second-order valence-corrected chi connectivity index (χ2v) is 12.2. The van der Waals surface area contributed by atoms with Crippen molar-refractivity contribution in [1.82, 2.24) is 19.3 Å². The van der Waals surface area contributed by atoms with Gasteiger partial charge in [-0.2, -0.15) is 5.10 Å². The molecule has 0 radical (unpaired) electrons. The van der Waals surface area contributed by atoms with Gasteiger partial charge in [0, 0.05) is 24.8 Å². The highest BCUT2D eigenvalue weighted by Crippen LogP contribution is 2.12. The maximum atomic E-state index is 5.22. The lowest BCUT2D eigenvalue weighted by atomic mass is 10.3. The van der Waals surface area contributed by atoms with Crippen molar-refractivity contribution < 1.29 is 0 Å². The Hall–Kier alpha value is -4.48. The third-order valence-corrected chi connectivity index (χ3v) is 11.0. The van der Waals surface area contributed by atoms with E-state index >= 15 is 0 Å². The maximum Gasteiger partial charge on any atom is 0.205 e. The van der Waals surface area contributed by atoms with Gasteiger partial charge in [0.05, 0.1) is 11.0 Å². The highest BCUT2D eigenvalue weighted by Gasteiger charge is 2.44. The molecule has 0 aliphatic carbocycles. The lowest BCUT2D eigenvalue weighted by Gasteiger charge is -2.31. The fraction of sp³-hybridized carbons (Fsp3) is 0. The molecule has 0 unspecified atom stereocenters. The standard InChI is InChI=1S/C30H24N4Si/c1-4-12-25(13-5-1)34-23-20-30(32-34)35(26-14-6-2-7-15-26,27-16-8-3-9-17-27)28-19-22-33(24-28)29-18-10-11-21-31-29/h1-24H. The summed E-state index contributed by atoms with van der Waals surface area (Å²) in [6.07, 6.45) is 8.25. The number of nitrogens with zero attached hydrogens (tertiary/aromatic N) is 4. The average molecular weight is 469 g/mol. The van der Waals surface area contributed by atoms with Crippen LogP contribution >= 0.6 is 0 Å². The van der Waals surface area contributed by atoms with Crippen LogP contribution in [0.1, 0.15) is 0 Å². The molecule has 6 aromatic rings. The van der Waals surface area contributed by atoms with Crippen LogP contribution in [-0.2, 0) is 0 Å². The molecule has 4 nitrogen and oxygen atoms in total. The number of hydrogen-bond acceptors (Lipinski definition) is 2. The maximum absolute atomic E-state index is 5.22. The molecule has 0 spiro atoms. The average Bonchev–Trinajstić information content (AvgIpc) is 3.63. The van der Waals surface area contributed by atoms with Crippen LogP contribution in [0.2, 0.25) is 0 Å². The van der Waals surface area contributed by atoms with Crippen LogP contribution in [0.3, 0.4) is 0 Å². The molecule has 0 atom stereocenters. The van der Waals surface area contributed by atoms with Crippen molar-refractivity contribution in [2.24, 2.45) is 0 Å². The van der Waals surface area contributed by atoms with Crippen LogP contribution in [0, 0.1) is 0 Å². The number of hydrogen-bond donors (Lipinski definition) is 0. The zero-order chi connectivity index (χ0) is 23.5. The van der Waals surface area contributed by atoms with E-state index in [4.69, 9.17) is 5.10 Å². The van der Waals surface area contributed by atoms with Crippen LogP contribution in [0.5, 0.6) is 0 Å². The van der Waals surface area contributed by atoms with E-state index in [2.05, 4.69) is 113 Å². The number of pyridine rings is 1. The zero-order valence-corrected chi connectivity index (χ0v) is 20.1. The van der Waals surface area contributed by atoms with Gasteiger partial charge >= 0.3 is 0 Å². The normalized spacial score (nSPS) is 11.4. The number of rotatable bonds is 6. The van der Waals surface area contributed by atoms with Gasteiger partial charge in [-0.3, -0.25) is 0 Å². The van der Waals surface area contributed by atoms with Crippen molar-refractivity contribution in [2.45, 2.75) is 0 Å². The lowest BCUT2D eigenvalue weighted by Crippen LogP contribution is -2.75. The Morgan fingerprint density at radius 1 is 0.543 bits per heavy atom. The first-order valence-corrected chi connectivity index (χ1v) is 13.7. The van der Waals surface area contributed by atoms with E-state index in [0.29, 0.717) is 0 Å². The Kier molecular flexibility index (Phi) is 5.45. The number of aromatic nitrogens is 4. The topological polar surface area (TPSA) is 35.6 Å². The first-order valence-electron chi connectivity index (χ1n) is 11.7. The molecule has 3 aromatic heterocycles. The summed E-state index contributed by atoms with van der Waals surface area (Å²) in [6.45, 7) is 0. The Bertz CT molecular complexity index is 1410. The van der Waals surface area contributed by atoms with Crippen LogP contribution in [-0.4, -0.2) is 27.4 Å². The molecule has 0 N–H and O–H groups in total. The summed E-state index contributed by atoms with van der Waals surface area (Å²) in [5.41, 5.74) is 1.05. The van der Waals surface area contributed by atoms with Crippen LogP contribution in [0.15, 0.2) is 146 Å². The Balaban J connectivity index is 1.62. The zero-order valence-electron chi connectivity index (χ0n) is 19.1. The van der Waals surface area contributed by atoms with Crippen LogP contribution < -0.4 is 20.9 Å². The van der Waals surface area contributed by atoms with Gasteiger partial charge in [0.25, 0.3) is 0 Å². The molecule has 35 heavy (non-hydrogen) atoms. The molecule has 0 aliphatic rings. The molecule has 3 heterocycles. The predicted molar refractivity (Wildman–Crippen MR) is 144 cm³/mol. The second-order valence-electron chi connectivity index (χ2n) is 8.46. The van der Waals surface area contributed by atoms with Gasteiger partial charge in [-0.1, -0.05) is 84.9 Å². The third-order valence-electron chi connectivity index (χ3n) is 6.45. The van der Waals surface area contributed by atoms with Crippen molar-refractivity contribution in [3.05, 3.63) is 146 Å². The minimum atomic E-state index is -2.70. The van der Waals surface area contributed by atoms with E-state index in [0.717, 1.165) is 16.8 Å². The lowest BCUT2D eigenvalue weighted by molar-refractivity contribution is 0.891. The third kappa shape index (κ3) is 3.72. The van der Waals surface area contributed by atoms with E-state index in [1.807, 2.05) is 47.3 Å². The van der Waals surface area contributed by atoms with E-state index < -0.39 is 8.07 Å². The van der Waals surface area contributed by atoms with E-state index in [1.165, 1.54) is 15.6 Å². The SMILES string of the molecule is c1ccc(-n2ccc([Si](c3ccccc3)(c3ccccc3)c3ccn(-c4ccccn4)c3)n2)cc1. The van der Waals surface area contributed by atoms with Crippen LogP contribution in [0.4, 0.5) is 0 Å². The highest BCUT2D eigenvalue weighted by molar-refractivity contribution is 7.19. The molecule has 168 valence electrons. The molecule has 0 bridgehead atoms. The largest absolute Gasteiger partial charge is 0.309 e. The molecule has 0 amide bonds. The van der Waals surface area contributed by atoms with E-state index in [9.17, 15) is 0 Å². The molecule has 0 aliphatic heterocycles. The van der Waals surface area contributed by atoms with Gasteiger partial charge in [0.2, 0.25) is 8.07 Å². The van der Waals surface area contributed by atoms with E-state index in [1.54, 1.807) is 0 Å². The summed E-state index contributed by atoms with van der Waals surface area (Å²) in [5.74, 6) is 0.901. The van der Waals surface area contributed by atoms with Crippen molar-refractivity contribution in [3.8, 4) is 11.5 Å². The van der Waals surface area contributed by atoms with Gasteiger partial charge in [-0.05, 0) is 52.0 Å². The summed E-state index contributed by atoms with van der Waals surface area (Å²) < 4.78 is 4.09. The summed E-state index contributed by atoms with van der Waals surface area (Å²) in [5, 5.41) is 10.2. The molecule has 6 rings (SSSR count). The molecule has 3 aromatic carbocycles. The van der Waals surface area contributed by atoms with E-state index in [-0.39, 0.29) is 0 Å². The fourth-order valence-corrected chi connectivity index (χ4v) is 9.35. The Labute approximate surface area is 205 Å². The first kappa shape index (κ1) is 21.1. The quantitative estimate of drug-likeness (QED) is 0.351. The van der Waals surface area contributed by atoms with Crippen molar-refractivity contribution >= 4 is 29.0 Å². The van der Waals surface area contributed by atoms with Crippen molar-refractivity contribution in [1.29, 1.82) is 0 Å². The summed E-state index contributed by atoms with van der Waals surface area (Å²) in [6, 6.07) is 42.4. The predicted octanol–water partition coefficient (Wildman–Crippen LogP) is 3.44. The van der Waals surface area contributed by atoms with Gasteiger partial charge in [0.1, 0.15) is 5.82 Å². The summed E-state index contributed by atoms with van der Waals surface area (Å²) >= 11 is 0. The second kappa shape index (κ2) is 9.04. The first-order chi connectivity index (χ1) is 17.4. The molecular weight excluding hydrogens is 444 g/mol. The minimum absolute atomic E-state index is 0.901. The molecule has 5 heteroatoms.